The van der Waals surface area contributed by atoms with Gasteiger partial charge in [-0.3, -0.25) is 9.69 Å². The van der Waals surface area contributed by atoms with E-state index in [-0.39, 0.29) is 25.4 Å². The standard InChI is InChI=1S/C20H23BFN3O4/c22-16-8-6-15(7-9-16)14-18(21(28)29)23-19(26)10-11-24-12-13-25(20(24)27)17-4-2-1-3-5-17/h1-9,18,28-29H,10-14H2,(H,23,26)/t18-/m0/s1. The zero-order chi connectivity index (χ0) is 20.8. The molecular formula is C20H23BFN3O4. The van der Waals surface area contributed by atoms with Gasteiger partial charge in [0.2, 0.25) is 5.91 Å². The molecule has 0 radical (unpaired) electrons. The molecule has 1 aliphatic heterocycles. The van der Waals surface area contributed by atoms with Gasteiger partial charge in [-0.15, -0.1) is 0 Å². The van der Waals surface area contributed by atoms with Crippen molar-refractivity contribution in [3.8, 4) is 0 Å². The highest BCUT2D eigenvalue weighted by molar-refractivity contribution is 6.43. The fourth-order valence-corrected chi connectivity index (χ4v) is 3.26. The summed E-state index contributed by atoms with van der Waals surface area (Å²) in [5.41, 5.74) is 1.48. The molecule has 1 saturated heterocycles. The van der Waals surface area contributed by atoms with Crippen LogP contribution in [-0.2, 0) is 11.2 Å². The van der Waals surface area contributed by atoms with Crippen molar-refractivity contribution in [1.82, 2.24) is 10.2 Å². The molecule has 29 heavy (non-hydrogen) atoms. The second-order valence-electron chi connectivity index (χ2n) is 6.93. The van der Waals surface area contributed by atoms with Crippen LogP contribution in [0.5, 0.6) is 0 Å². The molecule has 152 valence electrons. The van der Waals surface area contributed by atoms with Crippen LogP contribution in [0.25, 0.3) is 0 Å². The van der Waals surface area contributed by atoms with E-state index in [1.807, 2.05) is 30.3 Å². The third-order valence-electron chi connectivity index (χ3n) is 4.85. The molecule has 1 atom stereocenters. The molecular weight excluding hydrogens is 376 g/mol. The molecule has 3 N–H and O–H groups in total. The molecule has 3 rings (SSSR count). The van der Waals surface area contributed by atoms with E-state index < -0.39 is 24.8 Å². The molecule has 0 unspecified atom stereocenters. The summed E-state index contributed by atoms with van der Waals surface area (Å²) in [4.78, 5) is 28.1. The molecule has 0 spiro atoms. The minimum Gasteiger partial charge on any atom is -0.426 e. The number of benzene rings is 2. The minimum atomic E-state index is -1.76. The van der Waals surface area contributed by atoms with E-state index in [1.54, 1.807) is 9.80 Å². The maximum absolute atomic E-state index is 13.0. The third kappa shape index (κ3) is 5.55. The molecule has 7 nitrogen and oxygen atoms in total. The van der Waals surface area contributed by atoms with Crippen LogP contribution in [-0.4, -0.2) is 59.6 Å². The first-order chi connectivity index (χ1) is 13.9. The molecule has 1 heterocycles. The van der Waals surface area contributed by atoms with Gasteiger partial charge in [0.05, 0.1) is 5.94 Å². The average Bonchev–Trinajstić information content (AvgIpc) is 3.08. The SMILES string of the molecule is O=C(CCN1CCN(c2ccccc2)C1=O)N[C@@H](Cc1ccc(F)cc1)B(O)O. The van der Waals surface area contributed by atoms with Gasteiger partial charge in [0.1, 0.15) is 5.82 Å². The monoisotopic (exact) mass is 399 g/mol. The highest BCUT2D eigenvalue weighted by Crippen LogP contribution is 2.19. The smallest absolute Gasteiger partial charge is 0.426 e. The summed E-state index contributed by atoms with van der Waals surface area (Å²) in [6.07, 6.45) is 0.190. The van der Waals surface area contributed by atoms with Gasteiger partial charge in [0, 0.05) is 31.7 Å². The Hall–Kier alpha value is -2.91. The Morgan fingerprint density at radius 3 is 2.45 bits per heavy atom. The van der Waals surface area contributed by atoms with Crippen molar-refractivity contribution >= 4 is 24.7 Å². The number of rotatable bonds is 8. The van der Waals surface area contributed by atoms with Gasteiger partial charge >= 0.3 is 13.1 Å². The molecule has 0 saturated carbocycles. The summed E-state index contributed by atoms with van der Waals surface area (Å²) in [7, 11) is -1.76. The van der Waals surface area contributed by atoms with Crippen LogP contribution in [0.4, 0.5) is 14.9 Å². The molecule has 0 bridgehead atoms. The Bertz CT molecular complexity index is 835. The Morgan fingerprint density at radius 2 is 1.79 bits per heavy atom. The molecule has 3 amide bonds. The summed E-state index contributed by atoms with van der Waals surface area (Å²) in [6.45, 7) is 1.30. The number of nitrogens with zero attached hydrogens (tertiary/aromatic N) is 2. The van der Waals surface area contributed by atoms with E-state index in [4.69, 9.17) is 0 Å². The maximum atomic E-state index is 13.0. The second kappa shape index (κ2) is 9.53. The Kier molecular flexibility index (Phi) is 6.84. The van der Waals surface area contributed by atoms with Crippen LogP contribution in [0.2, 0.25) is 0 Å². The number of amides is 3. The van der Waals surface area contributed by atoms with E-state index in [1.165, 1.54) is 24.3 Å². The number of carbonyl (C=O) groups is 2. The molecule has 9 heteroatoms. The van der Waals surface area contributed by atoms with Crippen molar-refractivity contribution in [3.05, 3.63) is 66.0 Å². The van der Waals surface area contributed by atoms with E-state index >= 15 is 0 Å². The lowest BCUT2D eigenvalue weighted by Crippen LogP contribution is -2.48. The van der Waals surface area contributed by atoms with Gasteiger partial charge in [-0.1, -0.05) is 30.3 Å². The average molecular weight is 399 g/mol. The van der Waals surface area contributed by atoms with Crippen molar-refractivity contribution in [2.75, 3.05) is 24.5 Å². The maximum Gasteiger partial charge on any atom is 0.475 e. The van der Waals surface area contributed by atoms with E-state index in [0.717, 1.165) is 5.69 Å². The number of nitrogens with one attached hydrogen (secondary N) is 1. The van der Waals surface area contributed by atoms with Crippen LogP contribution in [0, 0.1) is 5.82 Å². The molecule has 2 aromatic carbocycles. The number of hydrogen-bond donors (Lipinski definition) is 3. The van der Waals surface area contributed by atoms with Crippen LogP contribution in [0.3, 0.4) is 0 Å². The van der Waals surface area contributed by atoms with Gasteiger partial charge in [-0.25, -0.2) is 9.18 Å². The first kappa shape index (κ1) is 20.8. The van der Waals surface area contributed by atoms with Crippen LogP contribution in [0.15, 0.2) is 54.6 Å². The van der Waals surface area contributed by atoms with Crippen LogP contribution >= 0.6 is 0 Å². The first-order valence-electron chi connectivity index (χ1n) is 9.45. The predicted molar refractivity (Wildman–Crippen MR) is 108 cm³/mol. The molecule has 0 aromatic heterocycles. The van der Waals surface area contributed by atoms with Gasteiger partial charge in [0.15, 0.2) is 0 Å². The summed E-state index contributed by atoms with van der Waals surface area (Å²) in [6, 6.07) is 14.8. The third-order valence-corrected chi connectivity index (χ3v) is 4.85. The summed E-state index contributed by atoms with van der Waals surface area (Å²) >= 11 is 0. The van der Waals surface area contributed by atoms with Gasteiger partial charge in [0.25, 0.3) is 0 Å². The van der Waals surface area contributed by atoms with Crippen LogP contribution in [0.1, 0.15) is 12.0 Å². The number of halogens is 1. The van der Waals surface area contributed by atoms with Crippen molar-refractivity contribution in [1.29, 1.82) is 0 Å². The lowest BCUT2D eigenvalue weighted by Gasteiger charge is -2.20. The van der Waals surface area contributed by atoms with Gasteiger partial charge in [-0.05, 0) is 36.2 Å². The van der Waals surface area contributed by atoms with Crippen molar-refractivity contribution in [2.24, 2.45) is 0 Å². The summed E-state index contributed by atoms with van der Waals surface area (Å²) < 4.78 is 13.0. The molecule has 1 fully saturated rings. The number of anilines is 1. The quantitative estimate of drug-likeness (QED) is 0.582. The van der Waals surface area contributed by atoms with Crippen molar-refractivity contribution in [3.63, 3.8) is 0 Å². The lowest BCUT2D eigenvalue weighted by atomic mass is 9.76. The lowest BCUT2D eigenvalue weighted by molar-refractivity contribution is -0.121. The van der Waals surface area contributed by atoms with Crippen molar-refractivity contribution in [2.45, 2.75) is 18.8 Å². The number of urea groups is 1. The van der Waals surface area contributed by atoms with E-state index in [0.29, 0.717) is 18.7 Å². The Morgan fingerprint density at radius 1 is 1.10 bits per heavy atom. The summed E-state index contributed by atoms with van der Waals surface area (Å²) in [5, 5.41) is 21.7. The number of para-hydroxylation sites is 1. The fraction of sp³-hybridized carbons (Fsp3) is 0.300. The zero-order valence-corrected chi connectivity index (χ0v) is 15.9. The topological polar surface area (TPSA) is 93.1 Å². The number of carbonyl (C=O) groups excluding carboxylic acids is 2. The van der Waals surface area contributed by atoms with E-state index in [9.17, 15) is 24.0 Å². The Labute approximate surface area is 168 Å². The fourth-order valence-electron chi connectivity index (χ4n) is 3.26. The van der Waals surface area contributed by atoms with Crippen LogP contribution < -0.4 is 10.2 Å². The van der Waals surface area contributed by atoms with E-state index in [2.05, 4.69) is 5.32 Å². The normalized spacial score (nSPS) is 14.8. The summed E-state index contributed by atoms with van der Waals surface area (Å²) in [5.74, 6) is -1.71. The predicted octanol–water partition coefficient (Wildman–Crippen LogP) is 1.20. The highest BCUT2D eigenvalue weighted by Gasteiger charge is 2.30. The van der Waals surface area contributed by atoms with Crippen molar-refractivity contribution < 1.29 is 24.0 Å². The van der Waals surface area contributed by atoms with Gasteiger partial charge in [-0.2, -0.15) is 0 Å². The molecule has 2 aromatic rings. The highest BCUT2D eigenvalue weighted by atomic mass is 19.1. The molecule has 1 aliphatic rings. The largest absolute Gasteiger partial charge is 0.475 e. The second-order valence-corrected chi connectivity index (χ2v) is 6.93. The van der Waals surface area contributed by atoms with Gasteiger partial charge < -0.3 is 20.3 Å². The first-order valence-corrected chi connectivity index (χ1v) is 9.45. The minimum absolute atomic E-state index is 0.0427. The zero-order valence-electron chi connectivity index (χ0n) is 15.9. The molecule has 0 aliphatic carbocycles. The number of hydrogen-bond acceptors (Lipinski definition) is 4. The Balaban J connectivity index is 1.50.